The summed E-state index contributed by atoms with van der Waals surface area (Å²) in [4.78, 5) is 14.3. The number of rotatable bonds is 2. The molecule has 24 heavy (non-hydrogen) atoms. The summed E-state index contributed by atoms with van der Waals surface area (Å²) in [6.45, 7) is 1.03. The quantitative estimate of drug-likeness (QED) is 0.723. The molecule has 0 unspecified atom stereocenters. The molecular weight excluding hydrogens is 307 g/mol. The van der Waals surface area contributed by atoms with Crippen molar-refractivity contribution in [3.63, 3.8) is 0 Å². The van der Waals surface area contributed by atoms with Crippen molar-refractivity contribution in [1.29, 1.82) is 0 Å². The van der Waals surface area contributed by atoms with Crippen LogP contribution in [0.2, 0.25) is 0 Å². The van der Waals surface area contributed by atoms with Crippen molar-refractivity contribution >= 4 is 5.91 Å². The molecule has 1 amide bonds. The summed E-state index contributed by atoms with van der Waals surface area (Å²) < 4.78 is 18.5. The number of halogens is 1. The summed E-state index contributed by atoms with van der Waals surface area (Å²) in [5, 5.41) is 4.12. The molecule has 3 aromatic rings. The second-order valence-electron chi connectivity index (χ2n) is 5.79. The molecule has 0 aliphatic carbocycles. The van der Waals surface area contributed by atoms with Gasteiger partial charge < -0.3 is 9.42 Å². The fourth-order valence-corrected chi connectivity index (χ4v) is 3.00. The molecule has 2 aromatic carbocycles. The molecule has 0 bridgehead atoms. The van der Waals surface area contributed by atoms with Crippen LogP contribution < -0.4 is 0 Å². The van der Waals surface area contributed by atoms with E-state index in [4.69, 9.17) is 4.52 Å². The zero-order chi connectivity index (χ0) is 16.5. The lowest BCUT2D eigenvalue weighted by atomic mass is 10.00. The third kappa shape index (κ3) is 2.58. The second kappa shape index (κ2) is 5.92. The Hall–Kier alpha value is -2.95. The third-order valence-electron chi connectivity index (χ3n) is 4.26. The molecule has 0 atom stereocenters. The Labute approximate surface area is 138 Å². The molecule has 0 saturated heterocycles. The summed E-state index contributed by atoms with van der Waals surface area (Å²) in [7, 11) is 0. The average Bonchev–Trinajstić information content (AvgIpc) is 3.05. The molecule has 0 spiro atoms. The zero-order valence-corrected chi connectivity index (χ0v) is 12.9. The van der Waals surface area contributed by atoms with Crippen LogP contribution in [-0.4, -0.2) is 22.5 Å². The molecule has 5 heteroatoms. The Morgan fingerprint density at radius 2 is 1.83 bits per heavy atom. The summed E-state index contributed by atoms with van der Waals surface area (Å²) in [6, 6.07) is 15.4. The highest BCUT2D eigenvalue weighted by Crippen LogP contribution is 2.30. The van der Waals surface area contributed by atoms with Crippen LogP contribution >= 0.6 is 0 Å². The van der Waals surface area contributed by atoms with Crippen LogP contribution in [0.3, 0.4) is 0 Å². The predicted molar refractivity (Wildman–Crippen MR) is 86.8 cm³/mol. The molecule has 0 radical (unpaired) electrons. The van der Waals surface area contributed by atoms with Crippen LogP contribution in [-0.2, 0) is 13.0 Å². The Balaban J connectivity index is 1.59. The number of amides is 1. The van der Waals surface area contributed by atoms with E-state index < -0.39 is 0 Å². The van der Waals surface area contributed by atoms with Crippen LogP contribution in [0.25, 0.3) is 11.3 Å². The first-order chi connectivity index (χ1) is 11.7. The van der Waals surface area contributed by atoms with Gasteiger partial charge >= 0.3 is 0 Å². The van der Waals surface area contributed by atoms with Gasteiger partial charge in [0, 0.05) is 23.2 Å². The number of carbonyl (C=O) groups is 1. The maximum Gasteiger partial charge on any atom is 0.254 e. The molecule has 1 aromatic heterocycles. The number of hydrogen-bond donors (Lipinski definition) is 0. The van der Waals surface area contributed by atoms with Gasteiger partial charge in [-0.05, 0) is 42.8 Å². The maximum absolute atomic E-state index is 13.1. The Kier molecular flexibility index (Phi) is 3.61. The lowest BCUT2D eigenvalue weighted by molar-refractivity contribution is 0.0731. The first kappa shape index (κ1) is 14.6. The van der Waals surface area contributed by atoms with Gasteiger partial charge in [-0.1, -0.05) is 23.4 Å². The van der Waals surface area contributed by atoms with Gasteiger partial charge in [0.25, 0.3) is 5.91 Å². The van der Waals surface area contributed by atoms with Gasteiger partial charge in [0.15, 0.2) is 5.76 Å². The van der Waals surface area contributed by atoms with Crippen molar-refractivity contribution in [2.45, 2.75) is 13.0 Å². The summed E-state index contributed by atoms with van der Waals surface area (Å²) in [5.74, 6) is 0.371. The number of carbonyl (C=O) groups excluding carboxylic acids is 1. The molecule has 4 nitrogen and oxygen atoms in total. The molecule has 0 saturated carbocycles. The topological polar surface area (TPSA) is 46.3 Å². The second-order valence-corrected chi connectivity index (χ2v) is 5.79. The van der Waals surface area contributed by atoms with Gasteiger partial charge in [-0.15, -0.1) is 0 Å². The van der Waals surface area contributed by atoms with Crippen molar-refractivity contribution in [1.82, 2.24) is 10.1 Å². The summed E-state index contributed by atoms with van der Waals surface area (Å²) in [6.07, 6.45) is 0.671. The van der Waals surface area contributed by atoms with E-state index in [1.807, 2.05) is 30.3 Å². The third-order valence-corrected chi connectivity index (χ3v) is 4.26. The van der Waals surface area contributed by atoms with E-state index in [0.29, 0.717) is 30.8 Å². The van der Waals surface area contributed by atoms with Crippen LogP contribution in [0.1, 0.15) is 21.6 Å². The molecule has 4 rings (SSSR count). The van der Waals surface area contributed by atoms with Gasteiger partial charge in [0.1, 0.15) is 11.5 Å². The number of hydrogen-bond acceptors (Lipinski definition) is 3. The van der Waals surface area contributed by atoms with Crippen molar-refractivity contribution < 1.29 is 13.7 Å². The maximum atomic E-state index is 13.1. The van der Waals surface area contributed by atoms with Gasteiger partial charge in [-0.2, -0.15) is 0 Å². The Bertz CT molecular complexity index is 872. The van der Waals surface area contributed by atoms with E-state index in [1.54, 1.807) is 17.0 Å². The Morgan fingerprint density at radius 3 is 2.58 bits per heavy atom. The van der Waals surface area contributed by atoms with Crippen molar-refractivity contribution in [2.24, 2.45) is 0 Å². The molecule has 0 N–H and O–H groups in total. The fourth-order valence-electron chi connectivity index (χ4n) is 3.00. The minimum Gasteiger partial charge on any atom is -0.356 e. The smallest absolute Gasteiger partial charge is 0.254 e. The van der Waals surface area contributed by atoms with Crippen molar-refractivity contribution in [3.8, 4) is 11.3 Å². The highest BCUT2D eigenvalue weighted by Gasteiger charge is 2.27. The lowest BCUT2D eigenvalue weighted by Gasteiger charge is -2.26. The van der Waals surface area contributed by atoms with Gasteiger partial charge in [0.05, 0.1) is 6.54 Å². The largest absolute Gasteiger partial charge is 0.356 e. The van der Waals surface area contributed by atoms with Gasteiger partial charge in [-0.3, -0.25) is 4.79 Å². The number of fused-ring (bicyclic) bond motifs is 1. The van der Waals surface area contributed by atoms with Crippen molar-refractivity contribution in [2.75, 3.05) is 6.54 Å². The Morgan fingerprint density at radius 1 is 1.08 bits per heavy atom. The minimum atomic E-state index is -0.285. The highest BCUT2D eigenvalue weighted by molar-refractivity contribution is 5.94. The molecule has 2 heterocycles. The molecular formula is C19H15FN2O2. The molecule has 1 aliphatic rings. The molecule has 0 fully saturated rings. The van der Waals surface area contributed by atoms with Gasteiger partial charge in [0.2, 0.25) is 0 Å². The zero-order valence-electron chi connectivity index (χ0n) is 12.9. The van der Waals surface area contributed by atoms with Crippen LogP contribution in [0.15, 0.2) is 59.1 Å². The van der Waals surface area contributed by atoms with E-state index >= 15 is 0 Å². The van der Waals surface area contributed by atoms with Crippen LogP contribution in [0.5, 0.6) is 0 Å². The van der Waals surface area contributed by atoms with Crippen LogP contribution in [0, 0.1) is 5.82 Å². The van der Waals surface area contributed by atoms with E-state index in [-0.39, 0.29) is 11.7 Å². The van der Waals surface area contributed by atoms with E-state index in [2.05, 4.69) is 5.16 Å². The molecule has 1 aliphatic heterocycles. The van der Waals surface area contributed by atoms with E-state index in [1.165, 1.54) is 12.1 Å². The highest BCUT2D eigenvalue weighted by atomic mass is 19.1. The summed E-state index contributed by atoms with van der Waals surface area (Å²) in [5.41, 5.74) is 3.24. The first-order valence-corrected chi connectivity index (χ1v) is 7.80. The minimum absolute atomic E-state index is 0.00687. The number of aromatic nitrogens is 1. The van der Waals surface area contributed by atoms with Crippen molar-refractivity contribution in [3.05, 3.63) is 77.2 Å². The standard InChI is InChI=1S/C19H15FN2O2/c20-15-8-6-13(7-9-15)18-16-10-11-22(12-17(16)21-24-18)19(23)14-4-2-1-3-5-14/h1-9H,10-12H2. The fraction of sp³-hybridized carbons (Fsp3) is 0.158. The molecule has 120 valence electrons. The first-order valence-electron chi connectivity index (χ1n) is 7.80. The van der Waals surface area contributed by atoms with E-state index in [0.717, 1.165) is 16.8 Å². The van der Waals surface area contributed by atoms with Crippen LogP contribution in [0.4, 0.5) is 4.39 Å². The predicted octanol–water partition coefficient (Wildman–Crippen LogP) is 3.68. The normalized spacial score (nSPS) is 13.6. The monoisotopic (exact) mass is 322 g/mol. The number of nitrogens with zero attached hydrogens (tertiary/aromatic N) is 2. The van der Waals surface area contributed by atoms with E-state index in [9.17, 15) is 9.18 Å². The number of benzene rings is 2. The SMILES string of the molecule is O=C(c1ccccc1)N1CCc2c(noc2-c2ccc(F)cc2)C1. The summed E-state index contributed by atoms with van der Waals surface area (Å²) >= 11 is 0. The van der Waals surface area contributed by atoms with Gasteiger partial charge in [-0.25, -0.2) is 4.39 Å². The average molecular weight is 322 g/mol. The lowest BCUT2D eigenvalue weighted by Crippen LogP contribution is -2.35.